The average molecular weight is 260 g/mol. The minimum absolute atomic E-state index is 0.227. The predicted octanol–water partition coefficient (Wildman–Crippen LogP) is 2.27. The van der Waals surface area contributed by atoms with Crippen LogP contribution in [0.5, 0.6) is 5.88 Å². The average Bonchev–Trinajstić information content (AvgIpc) is 2.80. The summed E-state index contributed by atoms with van der Waals surface area (Å²) in [7, 11) is 0. The number of ether oxygens (including phenoxy) is 1. The van der Waals surface area contributed by atoms with Gasteiger partial charge in [0.1, 0.15) is 5.60 Å². The Balaban J connectivity index is 1.88. The Morgan fingerprint density at radius 1 is 1.21 bits per heavy atom. The van der Waals surface area contributed by atoms with Gasteiger partial charge in [-0.15, -0.1) is 0 Å². The summed E-state index contributed by atoms with van der Waals surface area (Å²) in [4.78, 5) is 4.47. The van der Waals surface area contributed by atoms with Gasteiger partial charge in [0.05, 0.1) is 5.69 Å². The van der Waals surface area contributed by atoms with Crippen LogP contribution in [-0.2, 0) is 13.1 Å². The summed E-state index contributed by atoms with van der Waals surface area (Å²) in [6.45, 7) is 7.47. The molecular formula is C14H20N4O. The molecule has 2 N–H and O–H groups in total. The molecule has 19 heavy (non-hydrogen) atoms. The van der Waals surface area contributed by atoms with Crippen LogP contribution in [0.4, 0.5) is 0 Å². The number of hydrogen-bond donors (Lipinski definition) is 2. The van der Waals surface area contributed by atoms with Gasteiger partial charge in [0, 0.05) is 31.0 Å². The molecule has 0 saturated heterocycles. The maximum atomic E-state index is 5.74. The highest BCUT2D eigenvalue weighted by Gasteiger charge is 2.12. The maximum absolute atomic E-state index is 5.74. The molecular weight excluding hydrogens is 240 g/mol. The molecule has 2 aromatic rings. The van der Waals surface area contributed by atoms with Crippen molar-refractivity contribution in [3.05, 3.63) is 41.9 Å². The summed E-state index contributed by atoms with van der Waals surface area (Å²) >= 11 is 0. The molecule has 5 heteroatoms. The Hall–Kier alpha value is -1.88. The molecule has 102 valence electrons. The van der Waals surface area contributed by atoms with Gasteiger partial charge in [-0.1, -0.05) is 6.07 Å². The third-order valence-electron chi connectivity index (χ3n) is 2.37. The molecule has 2 heterocycles. The minimum atomic E-state index is -0.227. The Labute approximate surface area is 113 Å². The SMILES string of the molecule is CC(C)(C)Oc1cccc(CNCc2ccn[nH]2)n1. The first-order valence-corrected chi connectivity index (χ1v) is 6.37. The monoisotopic (exact) mass is 260 g/mol. The Morgan fingerprint density at radius 2 is 2.05 bits per heavy atom. The van der Waals surface area contributed by atoms with Crippen LogP contribution in [0.15, 0.2) is 30.5 Å². The summed E-state index contributed by atoms with van der Waals surface area (Å²) in [6.07, 6.45) is 1.74. The molecule has 2 aromatic heterocycles. The van der Waals surface area contributed by atoms with Crippen LogP contribution in [0, 0.1) is 0 Å². The van der Waals surface area contributed by atoms with E-state index in [-0.39, 0.29) is 5.60 Å². The summed E-state index contributed by atoms with van der Waals surface area (Å²) in [5.74, 6) is 0.661. The number of pyridine rings is 1. The van der Waals surface area contributed by atoms with E-state index in [0.29, 0.717) is 12.4 Å². The van der Waals surface area contributed by atoms with E-state index < -0.39 is 0 Å². The largest absolute Gasteiger partial charge is 0.472 e. The van der Waals surface area contributed by atoms with Crippen LogP contribution in [0.1, 0.15) is 32.2 Å². The van der Waals surface area contributed by atoms with Crippen molar-refractivity contribution in [2.24, 2.45) is 0 Å². The second-order valence-electron chi connectivity index (χ2n) is 5.37. The van der Waals surface area contributed by atoms with Crippen molar-refractivity contribution < 1.29 is 4.74 Å². The van der Waals surface area contributed by atoms with Crippen molar-refractivity contribution in [1.29, 1.82) is 0 Å². The van der Waals surface area contributed by atoms with E-state index in [4.69, 9.17) is 4.74 Å². The number of nitrogens with zero attached hydrogens (tertiary/aromatic N) is 2. The lowest BCUT2D eigenvalue weighted by molar-refractivity contribution is 0.124. The second kappa shape index (κ2) is 5.84. The third-order valence-corrected chi connectivity index (χ3v) is 2.37. The van der Waals surface area contributed by atoms with Crippen LogP contribution in [0.2, 0.25) is 0 Å². The van der Waals surface area contributed by atoms with Crippen molar-refractivity contribution in [3.63, 3.8) is 0 Å². The van der Waals surface area contributed by atoms with Crippen LogP contribution in [0.3, 0.4) is 0 Å². The quantitative estimate of drug-likeness (QED) is 0.865. The summed E-state index contributed by atoms with van der Waals surface area (Å²) < 4.78 is 5.74. The molecule has 0 spiro atoms. The molecule has 0 aliphatic heterocycles. The van der Waals surface area contributed by atoms with Crippen LogP contribution >= 0.6 is 0 Å². The van der Waals surface area contributed by atoms with E-state index in [1.807, 2.05) is 45.0 Å². The molecule has 0 unspecified atom stereocenters. The number of H-pyrrole nitrogens is 1. The van der Waals surface area contributed by atoms with Crippen LogP contribution in [0.25, 0.3) is 0 Å². The molecule has 0 amide bonds. The van der Waals surface area contributed by atoms with Gasteiger partial charge in [0.2, 0.25) is 5.88 Å². The smallest absolute Gasteiger partial charge is 0.213 e. The highest BCUT2D eigenvalue weighted by Crippen LogP contribution is 2.15. The minimum Gasteiger partial charge on any atom is -0.472 e. The van der Waals surface area contributed by atoms with Gasteiger partial charge in [-0.05, 0) is 32.9 Å². The molecule has 0 atom stereocenters. The van der Waals surface area contributed by atoms with Gasteiger partial charge in [0.25, 0.3) is 0 Å². The maximum Gasteiger partial charge on any atom is 0.213 e. The fourth-order valence-corrected chi connectivity index (χ4v) is 1.63. The summed E-state index contributed by atoms with van der Waals surface area (Å²) in [5, 5.41) is 10.1. The van der Waals surface area contributed by atoms with Gasteiger partial charge >= 0.3 is 0 Å². The van der Waals surface area contributed by atoms with Crippen molar-refractivity contribution in [3.8, 4) is 5.88 Å². The van der Waals surface area contributed by atoms with E-state index in [1.165, 1.54) is 0 Å². The highest BCUT2D eigenvalue weighted by molar-refractivity contribution is 5.16. The molecule has 0 radical (unpaired) electrons. The Bertz CT molecular complexity index is 502. The van der Waals surface area contributed by atoms with E-state index in [2.05, 4.69) is 20.5 Å². The molecule has 0 aromatic carbocycles. The lowest BCUT2D eigenvalue weighted by Crippen LogP contribution is -2.24. The summed E-state index contributed by atoms with van der Waals surface area (Å²) in [5.41, 5.74) is 1.79. The molecule has 5 nitrogen and oxygen atoms in total. The molecule has 0 bridgehead atoms. The molecule has 2 rings (SSSR count). The topological polar surface area (TPSA) is 62.8 Å². The van der Waals surface area contributed by atoms with Gasteiger partial charge in [-0.3, -0.25) is 5.10 Å². The van der Waals surface area contributed by atoms with Crippen molar-refractivity contribution >= 4 is 0 Å². The number of nitrogens with one attached hydrogen (secondary N) is 2. The van der Waals surface area contributed by atoms with E-state index in [0.717, 1.165) is 17.9 Å². The van der Waals surface area contributed by atoms with Gasteiger partial charge in [0.15, 0.2) is 0 Å². The van der Waals surface area contributed by atoms with E-state index >= 15 is 0 Å². The van der Waals surface area contributed by atoms with E-state index in [1.54, 1.807) is 6.20 Å². The van der Waals surface area contributed by atoms with Gasteiger partial charge < -0.3 is 10.1 Å². The number of rotatable bonds is 5. The number of hydrogen-bond acceptors (Lipinski definition) is 4. The van der Waals surface area contributed by atoms with E-state index in [9.17, 15) is 0 Å². The van der Waals surface area contributed by atoms with Crippen LogP contribution in [-0.4, -0.2) is 20.8 Å². The fourth-order valence-electron chi connectivity index (χ4n) is 1.63. The van der Waals surface area contributed by atoms with Crippen molar-refractivity contribution in [1.82, 2.24) is 20.5 Å². The van der Waals surface area contributed by atoms with Crippen molar-refractivity contribution in [2.75, 3.05) is 0 Å². The Morgan fingerprint density at radius 3 is 2.74 bits per heavy atom. The number of aromatic nitrogens is 3. The first kappa shape index (κ1) is 13.5. The number of aromatic amines is 1. The Kier molecular flexibility index (Phi) is 4.16. The van der Waals surface area contributed by atoms with Crippen molar-refractivity contribution in [2.45, 2.75) is 39.5 Å². The zero-order chi connectivity index (χ0) is 13.7. The second-order valence-corrected chi connectivity index (χ2v) is 5.37. The fraction of sp³-hybridized carbons (Fsp3) is 0.429. The molecule has 0 aliphatic rings. The van der Waals surface area contributed by atoms with Crippen LogP contribution < -0.4 is 10.1 Å². The standard InChI is InChI=1S/C14H20N4O/c1-14(2,3)19-13-6-4-5-11(17-13)9-15-10-12-7-8-16-18-12/h4-8,15H,9-10H2,1-3H3,(H,16,18). The lowest BCUT2D eigenvalue weighted by Gasteiger charge is -2.20. The first-order chi connectivity index (χ1) is 9.03. The molecule has 0 fully saturated rings. The van der Waals surface area contributed by atoms with Gasteiger partial charge in [-0.25, -0.2) is 4.98 Å². The zero-order valence-corrected chi connectivity index (χ0v) is 11.6. The highest BCUT2D eigenvalue weighted by atomic mass is 16.5. The first-order valence-electron chi connectivity index (χ1n) is 6.37. The van der Waals surface area contributed by atoms with Gasteiger partial charge in [-0.2, -0.15) is 5.10 Å². The lowest BCUT2D eigenvalue weighted by atomic mass is 10.2. The molecule has 0 aliphatic carbocycles. The summed E-state index contributed by atoms with van der Waals surface area (Å²) in [6, 6.07) is 7.76. The molecule has 0 saturated carbocycles. The third kappa shape index (κ3) is 4.71. The zero-order valence-electron chi connectivity index (χ0n) is 11.6. The normalized spacial score (nSPS) is 11.5. The predicted molar refractivity (Wildman–Crippen MR) is 73.7 cm³/mol.